The monoisotopic (exact) mass is 400 g/mol. The fourth-order valence-electron chi connectivity index (χ4n) is 2.39. The Labute approximate surface area is 163 Å². The maximum Gasteiger partial charge on any atom is 0.270 e. The van der Waals surface area contributed by atoms with E-state index >= 15 is 0 Å². The van der Waals surface area contributed by atoms with Crippen molar-refractivity contribution >= 4 is 68.6 Å². The number of thiocarbonyl (C=S) groups is 1. The molecule has 1 saturated heterocycles. The van der Waals surface area contributed by atoms with E-state index in [9.17, 15) is 4.79 Å². The number of thiazole rings is 1. The van der Waals surface area contributed by atoms with Crippen LogP contribution in [-0.4, -0.2) is 15.2 Å². The third kappa shape index (κ3) is 3.32. The standard InChI is InChI=1S/C18H12N2OS4/c1-11-2-4-14(5-3-11)20-17(21)15(25-18(20)22)8-13-10-24-16(19-13)12-6-7-23-9-12/h2-10H,1H3/b15-8+. The molecule has 0 saturated carbocycles. The van der Waals surface area contributed by atoms with Gasteiger partial charge in [0.25, 0.3) is 5.91 Å². The van der Waals surface area contributed by atoms with Crippen LogP contribution in [0.3, 0.4) is 0 Å². The lowest BCUT2D eigenvalue weighted by Gasteiger charge is -2.14. The molecule has 1 aliphatic rings. The molecule has 0 atom stereocenters. The summed E-state index contributed by atoms with van der Waals surface area (Å²) < 4.78 is 0.549. The van der Waals surface area contributed by atoms with Crippen LogP contribution in [0, 0.1) is 6.92 Å². The first-order valence-electron chi connectivity index (χ1n) is 7.44. The van der Waals surface area contributed by atoms with E-state index in [1.54, 1.807) is 27.6 Å². The SMILES string of the molecule is Cc1ccc(N2C(=O)/C(=C\c3csc(-c4ccsc4)n3)SC2=S)cc1. The number of thiophene rings is 1. The minimum absolute atomic E-state index is 0.0936. The maximum atomic E-state index is 12.8. The van der Waals surface area contributed by atoms with Gasteiger partial charge >= 0.3 is 0 Å². The second-order valence-electron chi connectivity index (χ2n) is 5.44. The fourth-order valence-corrected chi connectivity index (χ4v) is 5.16. The summed E-state index contributed by atoms with van der Waals surface area (Å²) >= 11 is 9.95. The van der Waals surface area contributed by atoms with Gasteiger partial charge in [0.2, 0.25) is 0 Å². The normalized spacial score (nSPS) is 16.2. The molecule has 1 aromatic carbocycles. The van der Waals surface area contributed by atoms with Crippen LogP contribution in [0.15, 0.2) is 51.4 Å². The number of hydrogen-bond donors (Lipinski definition) is 0. The van der Waals surface area contributed by atoms with E-state index in [0.717, 1.165) is 27.5 Å². The molecule has 0 unspecified atom stereocenters. The van der Waals surface area contributed by atoms with Crippen LogP contribution in [0.25, 0.3) is 16.6 Å². The van der Waals surface area contributed by atoms with E-state index in [1.807, 2.05) is 54.1 Å². The van der Waals surface area contributed by atoms with Crippen LogP contribution in [0.5, 0.6) is 0 Å². The Bertz CT molecular complexity index is 971. The number of aryl methyl sites for hydroxylation is 1. The van der Waals surface area contributed by atoms with Gasteiger partial charge in [-0.05, 0) is 36.6 Å². The smallest absolute Gasteiger partial charge is 0.268 e. The first kappa shape index (κ1) is 16.7. The summed E-state index contributed by atoms with van der Waals surface area (Å²) in [6.07, 6.45) is 1.82. The Kier molecular flexibility index (Phi) is 4.56. The number of aromatic nitrogens is 1. The van der Waals surface area contributed by atoms with Crippen molar-refractivity contribution in [2.24, 2.45) is 0 Å². The summed E-state index contributed by atoms with van der Waals surface area (Å²) in [7, 11) is 0. The maximum absolute atomic E-state index is 12.8. The van der Waals surface area contributed by atoms with Crippen molar-refractivity contribution in [3.05, 3.63) is 62.6 Å². The molecule has 1 fully saturated rings. The van der Waals surface area contributed by atoms with Crippen molar-refractivity contribution in [3.63, 3.8) is 0 Å². The number of benzene rings is 1. The van der Waals surface area contributed by atoms with Crippen LogP contribution in [0.1, 0.15) is 11.3 Å². The first-order valence-corrected chi connectivity index (χ1v) is 10.5. The van der Waals surface area contributed by atoms with E-state index < -0.39 is 0 Å². The highest BCUT2D eigenvalue weighted by atomic mass is 32.2. The van der Waals surface area contributed by atoms with Crippen molar-refractivity contribution in [1.29, 1.82) is 0 Å². The van der Waals surface area contributed by atoms with Gasteiger partial charge in [-0.25, -0.2) is 4.98 Å². The van der Waals surface area contributed by atoms with Gasteiger partial charge < -0.3 is 0 Å². The topological polar surface area (TPSA) is 33.2 Å². The molecule has 0 N–H and O–H groups in total. The minimum Gasteiger partial charge on any atom is -0.268 e. The molecule has 3 heterocycles. The van der Waals surface area contributed by atoms with E-state index in [4.69, 9.17) is 12.2 Å². The van der Waals surface area contributed by atoms with E-state index in [0.29, 0.717) is 9.23 Å². The van der Waals surface area contributed by atoms with Gasteiger partial charge in [0.05, 0.1) is 16.3 Å². The van der Waals surface area contributed by atoms with E-state index in [1.165, 1.54) is 11.8 Å². The predicted octanol–water partition coefficient (Wildman–Crippen LogP) is 5.59. The first-order chi connectivity index (χ1) is 12.1. The highest BCUT2D eigenvalue weighted by molar-refractivity contribution is 8.27. The third-order valence-corrected chi connectivity index (χ3v) is 6.55. The fraction of sp³-hybridized carbons (Fsp3) is 0.0556. The lowest BCUT2D eigenvalue weighted by atomic mass is 10.2. The largest absolute Gasteiger partial charge is 0.270 e. The van der Waals surface area contributed by atoms with Crippen molar-refractivity contribution in [3.8, 4) is 10.6 Å². The van der Waals surface area contributed by atoms with Crippen LogP contribution in [0.2, 0.25) is 0 Å². The minimum atomic E-state index is -0.0936. The zero-order valence-electron chi connectivity index (χ0n) is 13.1. The molecule has 0 radical (unpaired) electrons. The number of carbonyl (C=O) groups excluding carboxylic acids is 1. The summed E-state index contributed by atoms with van der Waals surface area (Å²) in [5.41, 5.74) is 3.85. The summed E-state index contributed by atoms with van der Waals surface area (Å²) in [6.45, 7) is 2.02. The van der Waals surface area contributed by atoms with Gasteiger partial charge in [0, 0.05) is 16.3 Å². The second-order valence-corrected chi connectivity index (χ2v) is 8.76. The highest BCUT2D eigenvalue weighted by Gasteiger charge is 2.33. The zero-order chi connectivity index (χ0) is 17.4. The van der Waals surface area contributed by atoms with Gasteiger partial charge in [-0.1, -0.05) is 41.7 Å². The molecular weight excluding hydrogens is 388 g/mol. The molecule has 3 aromatic rings. The van der Waals surface area contributed by atoms with Crippen molar-refractivity contribution in [1.82, 2.24) is 4.98 Å². The molecule has 124 valence electrons. The molecule has 7 heteroatoms. The number of hydrogen-bond acceptors (Lipinski definition) is 6. The highest BCUT2D eigenvalue weighted by Crippen LogP contribution is 2.36. The average Bonchev–Trinajstić information content (AvgIpc) is 3.31. The quantitative estimate of drug-likeness (QED) is 0.424. The van der Waals surface area contributed by atoms with Crippen LogP contribution >= 0.6 is 46.7 Å². The van der Waals surface area contributed by atoms with Crippen LogP contribution in [0.4, 0.5) is 5.69 Å². The van der Waals surface area contributed by atoms with Gasteiger partial charge in [-0.15, -0.1) is 11.3 Å². The summed E-state index contributed by atoms with van der Waals surface area (Å²) in [4.78, 5) is 19.6. The summed E-state index contributed by atoms with van der Waals surface area (Å²) in [5, 5.41) is 7.02. The van der Waals surface area contributed by atoms with E-state index in [2.05, 4.69) is 10.4 Å². The number of carbonyl (C=O) groups is 1. The Morgan fingerprint density at radius 2 is 1.96 bits per heavy atom. The van der Waals surface area contributed by atoms with Crippen molar-refractivity contribution < 1.29 is 4.79 Å². The second kappa shape index (κ2) is 6.84. The summed E-state index contributed by atoms with van der Waals surface area (Å²) in [6, 6.07) is 9.83. The molecule has 0 spiro atoms. The van der Waals surface area contributed by atoms with Gasteiger partial charge in [-0.2, -0.15) is 11.3 Å². The number of rotatable bonds is 3. The average molecular weight is 401 g/mol. The molecule has 1 aliphatic heterocycles. The molecule has 2 aromatic heterocycles. The Hall–Kier alpha value is -1.80. The Morgan fingerprint density at radius 3 is 2.68 bits per heavy atom. The lowest BCUT2D eigenvalue weighted by Crippen LogP contribution is -2.27. The molecular formula is C18H12N2OS4. The molecule has 4 rings (SSSR count). The Balaban J connectivity index is 1.61. The van der Waals surface area contributed by atoms with Gasteiger partial charge in [-0.3, -0.25) is 9.69 Å². The predicted molar refractivity (Wildman–Crippen MR) is 112 cm³/mol. The zero-order valence-corrected chi connectivity index (χ0v) is 16.4. The molecule has 1 amide bonds. The van der Waals surface area contributed by atoms with Crippen LogP contribution in [-0.2, 0) is 4.79 Å². The van der Waals surface area contributed by atoms with Gasteiger partial charge in [0.1, 0.15) is 5.01 Å². The van der Waals surface area contributed by atoms with E-state index in [-0.39, 0.29) is 5.91 Å². The molecule has 3 nitrogen and oxygen atoms in total. The van der Waals surface area contributed by atoms with Crippen molar-refractivity contribution in [2.45, 2.75) is 6.92 Å². The Morgan fingerprint density at radius 1 is 1.16 bits per heavy atom. The number of thioether (sulfide) groups is 1. The number of anilines is 1. The molecule has 0 bridgehead atoms. The van der Waals surface area contributed by atoms with Crippen LogP contribution < -0.4 is 4.90 Å². The third-order valence-electron chi connectivity index (χ3n) is 3.65. The number of nitrogens with zero attached hydrogens (tertiary/aromatic N) is 2. The number of amides is 1. The molecule has 0 aliphatic carbocycles. The summed E-state index contributed by atoms with van der Waals surface area (Å²) in [5.74, 6) is -0.0936. The van der Waals surface area contributed by atoms with Crippen molar-refractivity contribution in [2.75, 3.05) is 4.90 Å². The molecule has 25 heavy (non-hydrogen) atoms. The van der Waals surface area contributed by atoms with Gasteiger partial charge in [0.15, 0.2) is 4.32 Å². The lowest BCUT2D eigenvalue weighted by molar-refractivity contribution is -0.113.